The molecule has 2 rings (SSSR count). The molecule has 1 N–H and O–H groups in total. The lowest BCUT2D eigenvalue weighted by atomic mass is 9.78. The van der Waals surface area contributed by atoms with Crippen LogP contribution >= 0.6 is 0 Å². The van der Waals surface area contributed by atoms with E-state index in [-0.39, 0.29) is 28.7 Å². The van der Waals surface area contributed by atoms with Gasteiger partial charge in [-0.1, -0.05) is 41.5 Å². The van der Waals surface area contributed by atoms with Crippen molar-refractivity contribution in [2.75, 3.05) is 13.2 Å². The normalized spacial score (nSPS) is 31.5. The van der Waals surface area contributed by atoms with Crippen molar-refractivity contribution in [3.05, 3.63) is 0 Å². The summed E-state index contributed by atoms with van der Waals surface area (Å²) in [7, 11) is 0. The van der Waals surface area contributed by atoms with Gasteiger partial charge in [-0.25, -0.2) is 0 Å². The molecule has 0 aromatic carbocycles. The molecule has 3 atom stereocenters. The van der Waals surface area contributed by atoms with Gasteiger partial charge in [0.2, 0.25) is 11.8 Å². The second-order valence-corrected chi connectivity index (χ2v) is 8.34. The highest BCUT2D eigenvalue weighted by Gasteiger charge is 2.51. The second kappa shape index (κ2) is 5.27. The number of rotatable bonds is 1. The number of ether oxygens (including phenoxy) is 1. The summed E-state index contributed by atoms with van der Waals surface area (Å²) in [5.74, 6) is -0.0218. The van der Waals surface area contributed by atoms with Gasteiger partial charge in [0.1, 0.15) is 12.1 Å². The highest BCUT2D eigenvalue weighted by molar-refractivity contribution is 5.98. The quantitative estimate of drug-likeness (QED) is 0.799. The van der Waals surface area contributed by atoms with Crippen molar-refractivity contribution in [1.82, 2.24) is 10.2 Å². The van der Waals surface area contributed by atoms with Crippen LogP contribution in [-0.4, -0.2) is 48.1 Å². The highest BCUT2D eigenvalue weighted by Crippen LogP contribution is 2.34. The molecule has 0 saturated carbocycles. The summed E-state index contributed by atoms with van der Waals surface area (Å²) in [4.78, 5) is 27.5. The molecule has 0 spiro atoms. The molecule has 21 heavy (non-hydrogen) atoms. The first-order chi connectivity index (χ1) is 9.53. The summed E-state index contributed by atoms with van der Waals surface area (Å²) in [6.07, 6.45) is 0.808. The number of hydrogen-bond donors (Lipinski definition) is 1. The van der Waals surface area contributed by atoms with E-state index in [1.54, 1.807) is 0 Å². The van der Waals surface area contributed by atoms with Gasteiger partial charge >= 0.3 is 0 Å². The fraction of sp³-hybridized carbons (Fsp3) is 0.875. The van der Waals surface area contributed by atoms with Crippen molar-refractivity contribution in [2.24, 2.45) is 10.8 Å². The van der Waals surface area contributed by atoms with Crippen LogP contribution in [-0.2, 0) is 14.3 Å². The summed E-state index contributed by atoms with van der Waals surface area (Å²) in [6.45, 7) is 13.2. The van der Waals surface area contributed by atoms with E-state index in [9.17, 15) is 9.59 Å². The molecule has 2 amide bonds. The molecule has 2 fully saturated rings. The van der Waals surface area contributed by atoms with Crippen LogP contribution in [0.5, 0.6) is 0 Å². The fourth-order valence-electron chi connectivity index (χ4n) is 3.22. The molecule has 0 aliphatic carbocycles. The third-order valence-corrected chi connectivity index (χ3v) is 4.30. The SMILES string of the molecule is CC(C)(C)C1NC(=O)C(C(C)(C)C)N(C2CCOC2)C1=O. The number of carbonyl (C=O) groups is 2. The summed E-state index contributed by atoms with van der Waals surface area (Å²) in [5.41, 5.74) is -0.599. The van der Waals surface area contributed by atoms with Crippen LogP contribution in [0, 0.1) is 10.8 Å². The molecule has 3 unspecified atom stereocenters. The van der Waals surface area contributed by atoms with Gasteiger partial charge in [0, 0.05) is 6.61 Å². The topological polar surface area (TPSA) is 58.6 Å². The Bertz CT molecular complexity index is 428. The van der Waals surface area contributed by atoms with Gasteiger partial charge in [-0.05, 0) is 17.3 Å². The van der Waals surface area contributed by atoms with E-state index in [0.29, 0.717) is 13.2 Å². The number of piperazine rings is 1. The highest BCUT2D eigenvalue weighted by atomic mass is 16.5. The number of hydrogen-bond acceptors (Lipinski definition) is 3. The van der Waals surface area contributed by atoms with Crippen LogP contribution in [0.2, 0.25) is 0 Å². The van der Waals surface area contributed by atoms with Crippen LogP contribution in [0.15, 0.2) is 0 Å². The third kappa shape index (κ3) is 3.07. The average molecular weight is 296 g/mol. The van der Waals surface area contributed by atoms with Crippen LogP contribution in [0.25, 0.3) is 0 Å². The maximum absolute atomic E-state index is 13.0. The molecule has 0 aromatic rings. The first-order valence-corrected chi connectivity index (χ1v) is 7.74. The summed E-state index contributed by atoms with van der Waals surface area (Å²) in [6, 6.07) is -0.892. The van der Waals surface area contributed by atoms with E-state index in [4.69, 9.17) is 4.74 Å². The largest absolute Gasteiger partial charge is 0.379 e. The number of nitrogens with zero attached hydrogens (tertiary/aromatic N) is 1. The maximum atomic E-state index is 13.0. The first-order valence-electron chi connectivity index (χ1n) is 7.74. The predicted molar refractivity (Wildman–Crippen MR) is 80.7 cm³/mol. The van der Waals surface area contributed by atoms with Crippen molar-refractivity contribution in [3.63, 3.8) is 0 Å². The predicted octanol–water partition coefficient (Wildman–Crippen LogP) is 1.56. The number of amides is 2. The van der Waals surface area contributed by atoms with E-state index >= 15 is 0 Å². The van der Waals surface area contributed by atoms with E-state index in [1.807, 2.05) is 46.4 Å². The first kappa shape index (κ1) is 16.3. The van der Waals surface area contributed by atoms with Crippen molar-refractivity contribution in [1.29, 1.82) is 0 Å². The Balaban J connectivity index is 2.39. The van der Waals surface area contributed by atoms with Gasteiger partial charge in [0.15, 0.2) is 0 Å². The smallest absolute Gasteiger partial charge is 0.246 e. The Morgan fingerprint density at radius 3 is 2.14 bits per heavy atom. The van der Waals surface area contributed by atoms with Gasteiger partial charge in [0.05, 0.1) is 12.6 Å². The van der Waals surface area contributed by atoms with Crippen LogP contribution in [0.3, 0.4) is 0 Å². The monoisotopic (exact) mass is 296 g/mol. The summed E-state index contributed by atoms with van der Waals surface area (Å²) < 4.78 is 5.45. The van der Waals surface area contributed by atoms with Crippen LogP contribution in [0.4, 0.5) is 0 Å². The van der Waals surface area contributed by atoms with E-state index in [0.717, 1.165) is 6.42 Å². The molecule has 120 valence electrons. The molecule has 0 aromatic heterocycles. The molecule has 2 aliphatic heterocycles. The van der Waals surface area contributed by atoms with E-state index in [2.05, 4.69) is 5.32 Å². The van der Waals surface area contributed by atoms with E-state index in [1.165, 1.54) is 0 Å². The molecule has 0 bridgehead atoms. The second-order valence-electron chi connectivity index (χ2n) is 8.34. The summed E-state index contributed by atoms with van der Waals surface area (Å²) >= 11 is 0. The Morgan fingerprint density at radius 2 is 1.71 bits per heavy atom. The Morgan fingerprint density at radius 1 is 1.10 bits per heavy atom. The number of carbonyl (C=O) groups excluding carboxylic acids is 2. The molecule has 2 aliphatic rings. The molecule has 0 radical (unpaired) electrons. The zero-order chi connectivity index (χ0) is 16.0. The van der Waals surface area contributed by atoms with Crippen molar-refractivity contribution < 1.29 is 14.3 Å². The van der Waals surface area contributed by atoms with Gasteiger partial charge in [-0.3, -0.25) is 9.59 Å². The Hall–Kier alpha value is -1.10. The van der Waals surface area contributed by atoms with Crippen molar-refractivity contribution in [3.8, 4) is 0 Å². The molecular formula is C16H28N2O3. The lowest BCUT2D eigenvalue weighted by Gasteiger charge is -2.49. The molecule has 5 nitrogen and oxygen atoms in total. The van der Waals surface area contributed by atoms with Gasteiger partial charge < -0.3 is 15.0 Å². The maximum Gasteiger partial charge on any atom is 0.246 e. The van der Waals surface area contributed by atoms with Crippen LogP contribution < -0.4 is 5.32 Å². The van der Waals surface area contributed by atoms with Crippen molar-refractivity contribution >= 4 is 11.8 Å². The standard InChI is InChI=1S/C16H28N2O3/c1-15(2,3)11-14(20)18(10-7-8-21-9-10)12(13(19)17-11)16(4,5)6/h10-12H,7-9H2,1-6H3,(H,17,19). The lowest BCUT2D eigenvalue weighted by Crippen LogP contribution is -2.71. The fourth-order valence-corrected chi connectivity index (χ4v) is 3.22. The van der Waals surface area contributed by atoms with Gasteiger partial charge in [-0.15, -0.1) is 0 Å². The molecular weight excluding hydrogens is 268 g/mol. The zero-order valence-corrected chi connectivity index (χ0v) is 14.0. The summed E-state index contributed by atoms with van der Waals surface area (Å²) in [5, 5.41) is 2.95. The van der Waals surface area contributed by atoms with Gasteiger partial charge in [-0.2, -0.15) is 0 Å². The minimum Gasteiger partial charge on any atom is -0.379 e. The third-order valence-electron chi connectivity index (χ3n) is 4.30. The van der Waals surface area contributed by atoms with Gasteiger partial charge in [0.25, 0.3) is 0 Å². The molecule has 2 heterocycles. The van der Waals surface area contributed by atoms with Crippen molar-refractivity contribution in [2.45, 2.75) is 66.1 Å². The number of nitrogens with one attached hydrogen (secondary N) is 1. The van der Waals surface area contributed by atoms with E-state index < -0.39 is 12.1 Å². The molecule has 5 heteroatoms. The minimum atomic E-state index is -0.468. The average Bonchev–Trinajstić information content (AvgIpc) is 2.81. The minimum absolute atomic E-state index is 0.0117. The Labute approximate surface area is 127 Å². The molecule has 2 saturated heterocycles. The lowest BCUT2D eigenvalue weighted by molar-refractivity contribution is -0.160. The van der Waals surface area contributed by atoms with Crippen LogP contribution in [0.1, 0.15) is 48.0 Å². The zero-order valence-electron chi connectivity index (χ0n) is 14.0. The Kier molecular flexibility index (Phi) is 4.08.